The summed E-state index contributed by atoms with van der Waals surface area (Å²) in [6.07, 6.45) is 0.0816. The Hall–Kier alpha value is -2.22. The zero-order valence-electron chi connectivity index (χ0n) is 14.0. The summed E-state index contributed by atoms with van der Waals surface area (Å²) in [7, 11) is -3.93. The van der Waals surface area contributed by atoms with Crippen molar-refractivity contribution in [3.05, 3.63) is 71.8 Å². The van der Waals surface area contributed by atoms with Crippen molar-refractivity contribution in [2.75, 3.05) is 6.54 Å². The Morgan fingerprint density at radius 3 is 2.04 bits per heavy atom. The molecule has 2 aromatic carbocycles. The smallest absolute Gasteiger partial charge is 0.322 e. The molecule has 25 heavy (non-hydrogen) atoms. The van der Waals surface area contributed by atoms with Gasteiger partial charge in [0.25, 0.3) is 10.2 Å². The van der Waals surface area contributed by atoms with Gasteiger partial charge in [0.1, 0.15) is 6.04 Å². The Balaban J connectivity index is 2.13. The molecule has 0 spiro atoms. The topological polar surface area (TPSA) is 86.7 Å². The molecule has 2 N–H and O–H groups in total. The van der Waals surface area contributed by atoms with Crippen molar-refractivity contribution in [3.8, 4) is 0 Å². The van der Waals surface area contributed by atoms with E-state index in [9.17, 15) is 18.3 Å². The summed E-state index contributed by atoms with van der Waals surface area (Å²) in [5.74, 6) is -1.21. The number of carbonyl (C=O) groups is 1. The van der Waals surface area contributed by atoms with Crippen molar-refractivity contribution in [3.63, 3.8) is 0 Å². The lowest BCUT2D eigenvalue weighted by Crippen LogP contribution is -2.49. The van der Waals surface area contributed by atoms with Gasteiger partial charge in [0.15, 0.2) is 0 Å². The summed E-state index contributed by atoms with van der Waals surface area (Å²) in [5.41, 5.74) is 1.59. The maximum atomic E-state index is 12.6. The lowest BCUT2D eigenvalue weighted by molar-refractivity contribution is -0.138. The fourth-order valence-corrected chi connectivity index (χ4v) is 3.79. The average molecular weight is 362 g/mol. The van der Waals surface area contributed by atoms with E-state index < -0.39 is 22.2 Å². The normalized spacial score (nSPS) is 12.9. The zero-order valence-corrected chi connectivity index (χ0v) is 14.8. The molecule has 0 aliphatic carbocycles. The number of hydrogen-bond acceptors (Lipinski definition) is 3. The fraction of sp³-hybridized carbons (Fsp3) is 0.278. The highest BCUT2D eigenvalue weighted by atomic mass is 32.2. The second-order valence-corrected chi connectivity index (χ2v) is 7.32. The Morgan fingerprint density at radius 2 is 1.56 bits per heavy atom. The molecule has 1 atom stereocenters. The molecule has 0 unspecified atom stereocenters. The molecular formula is C18H22N2O4S. The SMILES string of the molecule is CCN(Cc1ccccc1)S(=O)(=O)N[C@@H](Cc1ccccc1)C(=O)O. The molecule has 2 aromatic rings. The van der Waals surface area contributed by atoms with Crippen molar-refractivity contribution in [2.24, 2.45) is 0 Å². The molecule has 0 aliphatic rings. The molecule has 7 heteroatoms. The van der Waals surface area contributed by atoms with Crippen LogP contribution in [0.3, 0.4) is 0 Å². The van der Waals surface area contributed by atoms with Crippen molar-refractivity contribution < 1.29 is 18.3 Å². The molecule has 0 saturated heterocycles. The van der Waals surface area contributed by atoms with Gasteiger partial charge in [-0.25, -0.2) is 0 Å². The number of nitrogens with zero attached hydrogens (tertiary/aromatic N) is 1. The third kappa shape index (κ3) is 5.67. The quantitative estimate of drug-likeness (QED) is 0.715. The molecule has 134 valence electrons. The van der Waals surface area contributed by atoms with Crippen molar-refractivity contribution >= 4 is 16.2 Å². The number of carboxylic acids is 1. The van der Waals surface area contributed by atoms with E-state index in [0.717, 1.165) is 11.1 Å². The van der Waals surface area contributed by atoms with Gasteiger partial charge in [-0.2, -0.15) is 17.4 Å². The van der Waals surface area contributed by atoms with Crippen LogP contribution in [0.5, 0.6) is 0 Å². The first kappa shape index (κ1) is 19.1. The van der Waals surface area contributed by atoms with Crippen molar-refractivity contribution in [1.82, 2.24) is 9.03 Å². The van der Waals surface area contributed by atoms with Crippen LogP contribution in [0.1, 0.15) is 18.1 Å². The molecule has 0 radical (unpaired) electrons. The largest absolute Gasteiger partial charge is 0.480 e. The lowest BCUT2D eigenvalue weighted by Gasteiger charge is -2.23. The van der Waals surface area contributed by atoms with Gasteiger partial charge in [-0.15, -0.1) is 0 Å². The van der Waals surface area contributed by atoms with Crippen LogP contribution in [0.2, 0.25) is 0 Å². The first-order valence-corrected chi connectivity index (χ1v) is 9.44. The molecule has 0 amide bonds. The van der Waals surface area contributed by atoms with Crippen molar-refractivity contribution in [2.45, 2.75) is 25.9 Å². The first-order chi connectivity index (χ1) is 11.9. The molecule has 0 saturated carbocycles. The van der Waals surface area contributed by atoms with Crippen LogP contribution in [0.15, 0.2) is 60.7 Å². The Morgan fingerprint density at radius 1 is 1.04 bits per heavy atom. The molecule has 0 bridgehead atoms. The Labute approximate surface area is 148 Å². The summed E-state index contributed by atoms with van der Waals surface area (Å²) in [6.45, 7) is 2.14. The molecule has 0 heterocycles. The third-order valence-corrected chi connectivity index (χ3v) is 5.42. The van der Waals surface area contributed by atoms with Gasteiger partial charge in [0.05, 0.1) is 0 Å². The van der Waals surface area contributed by atoms with Crippen LogP contribution in [0.25, 0.3) is 0 Å². The van der Waals surface area contributed by atoms with Crippen LogP contribution in [-0.4, -0.2) is 36.4 Å². The Bertz CT molecular complexity index is 779. The van der Waals surface area contributed by atoms with Gasteiger partial charge in [-0.1, -0.05) is 67.6 Å². The summed E-state index contributed by atoms with van der Waals surface area (Å²) < 4.78 is 28.8. The summed E-state index contributed by atoms with van der Waals surface area (Å²) in [4.78, 5) is 11.5. The molecule has 6 nitrogen and oxygen atoms in total. The predicted molar refractivity (Wildman–Crippen MR) is 96.2 cm³/mol. The van der Waals surface area contributed by atoms with E-state index in [1.807, 2.05) is 36.4 Å². The number of aliphatic carboxylic acids is 1. The van der Waals surface area contributed by atoms with E-state index in [-0.39, 0.29) is 19.5 Å². The highest BCUT2D eigenvalue weighted by molar-refractivity contribution is 7.87. The van der Waals surface area contributed by atoms with Gasteiger partial charge in [0.2, 0.25) is 0 Å². The highest BCUT2D eigenvalue weighted by Gasteiger charge is 2.28. The maximum Gasteiger partial charge on any atom is 0.322 e. The van der Waals surface area contributed by atoms with E-state index in [4.69, 9.17) is 0 Å². The average Bonchev–Trinajstić information content (AvgIpc) is 2.60. The van der Waals surface area contributed by atoms with Gasteiger partial charge < -0.3 is 5.11 Å². The van der Waals surface area contributed by atoms with Crippen molar-refractivity contribution in [1.29, 1.82) is 0 Å². The van der Waals surface area contributed by atoms with Crippen LogP contribution >= 0.6 is 0 Å². The second-order valence-electron chi connectivity index (χ2n) is 5.62. The van der Waals surface area contributed by atoms with Gasteiger partial charge in [-0.05, 0) is 17.5 Å². The number of hydrogen-bond donors (Lipinski definition) is 2. The number of nitrogens with one attached hydrogen (secondary N) is 1. The number of rotatable bonds is 9. The molecule has 2 rings (SSSR count). The van der Waals surface area contributed by atoms with E-state index in [1.165, 1.54) is 4.31 Å². The van der Waals surface area contributed by atoms with E-state index in [2.05, 4.69) is 4.72 Å². The maximum absolute atomic E-state index is 12.6. The number of carboxylic acid groups (broad SMARTS) is 1. The summed E-state index contributed by atoms with van der Waals surface area (Å²) in [5, 5.41) is 9.40. The minimum Gasteiger partial charge on any atom is -0.480 e. The van der Waals surface area contributed by atoms with Gasteiger partial charge >= 0.3 is 5.97 Å². The first-order valence-electron chi connectivity index (χ1n) is 8.00. The van der Waals surface area contributed by atoms with E-state index >= 15 is 0 Å². The van der Waals surface area contributed by atoms with Crippen LogP contribution in [0.4, 0.5) is 0 Å². The van der Waals surface area contributed by atoms with Gasteiger partial charge in [0, 0.05) is 13.1 Å². The minimum atomic E-state index is -3.93. The van der Waals surface area contributed by atoms with Crippen LogP contribution in [-0.2, 0) is 28.0 Å². The molecule has 0 aromatic heterocycles. The lowest BCUT2D eigenvalue weighted by atomic mass is 10.1. The third-order valence-electron chi connectivity index (χ3n) is 3.77. The molecule has 0 aliphatic heterocycles. The molecule has 0 fully saturated rings. The summed E-state index contributed by atoms with van der Waals surface area (Å²) >= 11 is 0. The molecular weight excluding hydrogens is 340 g/mol. The minimum absolute atomic E-state index is 0.0816. The van der Waals surface area contributed by atoms with Crippen LogP contribution < -0.4 is 4.72 Å². The standard InChI is InChI=1S/C18H22N2O4S/c1-2-20(14-16-11-7-4-8-12-16)25(23,24)19-17(18(21)22)13-15-9-5-3-6-10-15/h3-12,17,19H,2,13-14H2,1H3,(H,21,22)/t17-/m0/s1. The number of benzene rings is 2. The zero-order chi connectivity index (χ0) is 18.3. The Kier molecular flexibility index (Phi) is 6.69. The van der Waals surface area contributed by atoms with Gasteiger partial charge in [-0.3, -0.25) is 4.79 Å². The van der Waals surface area contributed by atoms with Crippen LogP contribution in [0, 0.1) is 0 Å². The monoisotopic (exact) mass is 362 g/mol. The fourth-order valence-electron chi connectivity index (χ4n) is 2.44. The predicted octanol–water partition coefficient (Wildman–Crippen LogP) is 2.04. The highest BCUT2D eigenvalue weighted by Crippen LogP contribution is 2.10. The van der Waals surface area contributed by atoms with E-state index in [0.29, 0.717) is 0 Å². The summed E-state index contributed by atoms with van der Waals surface area (Å²) in [6, 6.07) is 16.9. The van der Waals surface area contributed by atoms with E-state index in [1.54, 1.807) is 31.2 Å². The second kappa shape index (κ2) is 8.75.